The molecule has 1 heterocycles. The van der Waals surface area contributed by atoms with Crippen molar-refractivity contribution in [2.45, 2.75) is 39.8 Å². The van der Waals surface area contributed by atoms with Crippen LogP contribution in [-0.2, 0) is 0 Å². The van der Waals surface area contributed by atoms with Gasteiger partial charge in [0.05, 0.1) is 19.3 Å². The standard InChI is InChI=1S/C17H23N3O4/c1-10(2)23-14-7-6-13(9-15(14)22-5)12(4)18-17(21)19-16-8-11(3)24-20-16/h6-10,12H,1-5H3,(H2,18,19,20,21)/t12-/m0/s1. The lowest BCUT2D eigenvalue weighted by Gasteiger charge is -2.18. The second-order valence-electron chi connectivity index (χ2n) is 5.72. The van der Waals surface area contributed by atoms with Gasteiger partial charge in [-0.25, -0.2) is 4.79 Å². The highest BCUT2D eigenvalue weighted by atomic mass is 16.5. The maximum absolute atomic E-state index is 12.0. The number of methoxy groups -OCH3 is 1. The number of hydrogen-bond donors (Lipinski definition) is 2. The minimum Gasteiger partial charge on any atom is -0.493 e. The topological polar surface area (TPSA) is 85.6 Å². The van der Waals surface area contributed by atoms with E-state index in [-0.39, 0.29) is 18.2 Å². The average Bonchev–Trinajstić information content (AvgIpc) is 2.91. The van der Waals surface area contributed by atoms with Crippen LogP contribution in [0.5, 0.6) is 11.5 Å². The van der Waals surface area contributed by atoms with Gasteiger partial charge in [0, 0.05) is 6.07 Å². The summed E-state index contributed by atoms with van der Waals surface area (Å²) in [5, 5.41) is 9.17. The van der Waals surface area contributed by atoms with Crippen LogP contribution in [0.1, 0.15) is 38.1 Å². The van der Waals surface area contributed by atoms with Crippen molar-refractivity contribution in [2.75, 3.05) is 12.4 Å². The van der Waals surface area contributed by atoms with Crippen LogP contribution < -0.4 is 20.1 Å². The molecule has 0 aliphatic rings. The lowest BCUT2D eigenvalue weighted by atomic mass is 10.1. The number of anilines is 1. The Balaban J connectivity index is 2.03. The first-order valence-electron chi connectivity index (χ1n) is 7.74. The number of benzene rings is 1. The number of aromatic nitrogens is 1. The molecule has 7 heteroatoms. The predicted molar refractivity (Wildman–Crippen MR) is 90.6 cm³/mol. The molecule has 0 spiro atoms. The van der Waals surface area contributed by atoms with Crippen molar-refractivity contribution in [1.29, 1.82) is 0 Å². The van der Waals surface area contributed by atoms with Gasteiger partial charge in [-0.3, -0.25) is 5.32 Å². The Hall–Kier alpha value is -2.70. The van der Waals surface area contributed by atoms with Crippen molar-refractivity contribution in [3.8, 4) is 11.5 Å². The third-order valence-electron chi connectivity index (χ3n) is 3.27. The zero-order valence-corrected chi connectivity index (χ0v) is 14.5. The van der Waals surface area contributed by atoms with Gasteiger partial charge in [-0.1, -0.05) is 11.2 Å². The number of urea groups is 1. The number of hydrogen-bond acceptors (Lipinski definition) is 5. The highest BCUT2D eigenvalue weighted by Crippen LogP contribution is 2.31. The largest absolute Gasteiger partial charge is 0.493 e. The number of ether oxygens (including phenoxy) is 2. The quantitative estimate of drug-likeness (QED) is 0.842. The highest BCUT2D eigenvalue weighted by Gasteiger charge is 2.14. The predicted octanol–water partition coefficient (Wildman–Crippen LogP) is 3.66. The van der Waals surface area contributed by atoms with E-state index < -0.39 is 0 Å². The van der Waals surface area contributed by atoms with E-state index in [0.29, 0.717) is 23.1 Å². The Morgan fingerprint density at radius 3 is 2.54 bits per heavy atom. The molecule has 2 rings (SSSR count). The lowest BCUT2D eigenvalue weighted by Crippen LogP contribution is -2.31. The SMILES string of the molecule is COc1cc([C@H](C)NC(=O)Nc2cc(C)on2)ccc1OC(C)C. The minimum atomic E-state index is -0.364. The third kappa shape index (κ3) is 4.65. The molecule has 130 valence electrons. The fourth-order valence-corrected chi connectivity index (χ4v) is 2.16. The van der Waals surface area contributed by atoms with E-state index in [2.05, 4.69) is 15.8 Å². The van der Waals surface area contributed by atoms with Crippen molar-refractivity contribution >= 4 is 11.8 Å². The summed E-state index contributed by atoms with van der Waals surface area (Å²) in [6.45, 7) is 7.54. The minimum absolute atomic E-state index is 0.0528. The lowest BCUT2D eigenvalue weighted by molar-refractivity contribution is 0.230. The Kier molecular flexibility index (Phi) is 5.68. The number of carbonyl (C=O) groups is 1. The Morgan fingerprint density at radius 1 is 1.21 bits per heavy atom. The molecule has 0 saturated carbocycles. The Morgan fingerprint density at radius 2 is 1.96 bits per heavy atom. The van der Waals surface area contributed by atoms with E-state index in [0.717, 1.165) is 5.56 Å². The molecule has 24 heavy (non-hydrogen) atoms. The van der Waals surface area contributed by atoms with Crippen molar-refractivity contribution in [3.63, 3.8) is 0 Å². The molecule has 2 N–H and O–H groups in total. The van der Waals surface area contributed by atoms with Gasteiger partial charge in [0.25, 0.3) is 0 Å². The number of rotatable bonds is 6. The summed E-state index contributed by atoms with van der Waals surface area (Å²) in [6, 6.07) is 6.64. The molecule has 0 aliphatic carbocycles. The molecule has 7 nitrogen and oxygen atoms in total. The van der Waals surface area contributed by atoms with E-state index >= 15 is 0 Å². The van der Waals surface area contributed by atoms with Gasteiger partial charge < -0.3 is 19.3 Å². The molecule has 0 fully saturated rings. The third-order valence-corrected chi connectivity index (χ3v) is 3.27. The van der Waals surface area contributed by atoms with Gasteiger partial charge in [-0.2, -0.15) is 0 Å². The summed E-state index contributed by atoms with van der Waals surface area (Å²) in [6.07, 6.45) is 0.0528. The summed E-state index contributed by atoms with van der Waals surface area (Å²) >= 11 is 0. The van der Waals surface area contributed by atoms with Crippen LogP contribution in [0.4, 0.5) is 10.6 Å². The highest BCUT2D eigenvalue weighted by molar-refractivity contribution is 5.88. The Labute approximate surface area is 141 Å². The van der Waals surface area contributed by atoms with Crippen molar-refractivity contribution in [1.82, 2.24) is 10.5 Å². The van der Waals surface area contributed by atoms with Crippen molar-refractivity contribution in [2.24, 2.45) is 0 Å². The molecule has 0 bridgehead atoms. The van der Waals surface area contributed by atoms with Crippen LogP contribution in [-0.4, -0.2) is 24.4 Å². The number of amides is 2. The van der Waals surface area contributed by atoms with Crippen LogP contribution in [0.2, 0.25) is 0 Å². The second-order valence-corrected chi connectivity index (χ2v) is 5.72. The maximum atomic E-state index is 12.0. The molecule has 0 unspecified atom stereocenters. The molecule has 1 aromatic carbocycles. The fourth-order valence-electron chi connectivity index (χ4n) is 2.16. The summed E-state index contributed by atoms with van der Waals surface area (Å²) in [4.78, 5) is 12.0. The summed E-state index contributed by atoms with van der Waals surface area (Å²) in [7, 11) is 1.59. The summed E-state index contributed by atoms with van der Waals surface area (Å²) in [5.41, 5.74) is 0.898. The van der Waals surface area contributed by atoms with Crippen LogP contribution in [0.3, 0.4) is 0 Å². The number of nitrogens with zero attached hydrogens (tertiary/aromatic N) is 1. The van der Waals surface area contributed by atoms with Gasteiger partial charge in [0.2, 0.25) is 0 Å². The molecule has 2 aromatic rings. The number of aryl methyl sites for hydroxylation is 1. The average molecular weight is 333 g/mol. The van der Waals surface area contributed by atoms with Crippen LogP contribution in [0, 0.1) is 6.92 Å². The smallest absolute Gasteiger partial charge is 0.320 e. The number of nitrogens with one attached hydrogen (secondary N) is 2. The summed E-state index contributed by atoms with van der Waals surface area (Å²) < 4.78 is 16.0. The summed E-state index contributed by atoms with van der Waals surface area (Å²) in [5.74, 6) is 2.30. The van der Waals surface area contributed by atoms with Gasteiger partial charge in [-0.05, 0) is 45.4 Å². The zero-order valence-electron chi connectivity index (χ0n) is 14.5. The van der Waals surface area contributed by atoms with Crippen LogP contribution in [0.15, 0.2) is 28.8 Å². The van der Waals surface area contributed by atoms with E-state index in [4.69, 9.17) is 14.0 Å². The van der Waals surface area contributed by atoms with E-state index in [9.17, 15) is 4.79 Å². The van der Waals surface area contributed by atoms with E-state index in [1.54, 1.807) is 20.1 Å². The molecule has 0 aliphatic heterocycles. The van der Waals surface area contributed by atoms with Crippen LogP contribution in [0.25, 0.3) is 0 Å². The second kappa shape index (κ2) is 7.72. The first kappa shape index (κ1) is 17.7. The normalized spacial score (nSPS) is 11.9. The van der Waals surface area contributed by atoms with Gasteiger partial charge in [0.1, 0.15) is 5.76 Å². The van der Waals surface area contributed by atoms with Crippen molar-refractivity contribution < 1.29 is 18.8 Å². The van der Waals surface area contributed by atoms with Gasteiger partial charge in [-0.15, -0.1) is 0 Å². The molecule has 1 atom stereocenters. The fraction of sp³-hybridized carbons (Fsp3) is 0.412. The van der Waals surface area contributed by atoms with Gasteiger partial charge >= 0.3 is 6.03 Å². The van der Waals surface area contributed by atoms with Crippen molar-refractivity contribution in [3.05, 3.63) is 35.6 Å². The monoisotopic (exact) mass is 333 g/mol. The van der Waals surface area contributed by atoms with Crippen LogP contribution >= 0.6 is 0 Å². The molecule has 0 radical (unpaired) electrons. The Bertz CT molecular complexity index is 697. The maximum Gasteiger partial charge on any atom is 0.320 e. The van der Waals surface area contributed by atoms with E-state index in [1.807, 2.05) is 39.0 Å². The zero-order chi connectivity index (χ0) is 17.7. The van der Waals surface area contributed by atoms with E-state index in [1.165, 1.54) is 0 Å². The first-order valence-corrected chi connectivity index (χ1v) is 7.74. The molecule has 2 amide bonds. The molecule has 0 saturated heterocycles. The first-order chi connectivity index (χ1) is 11.4. The molecular weight excluding hydrogens is 310 g/mol. The molecular formula is C17H23N3O4. The van der Waals surface area contributed by atoms with Gasteiger partial charge in [0.15, 0.2) is 17.3 Å². The number of carbonyl (C=O) groups excluding carboxylic acids is 1. The molecule has 1 aromatic heterocycles.